The molecular weight excluding hydrogens is 196 g/mol. The summed E-state index contributed by atoms with van der Waals surface area (Å²) >= 11 is 0. The van der Waals surface area contributed by atoms with Gasteiger partial charge in [0.1, 0.15) is 0 Å². The topological polar surface area (TPSA) is 17.8 Å². The van der Waals surface area contributed by atoms with Gasteiger partial charge in [0, 0.05) is 12.4 Å². The highest BCUT2D eigenvalue weighted by atomic mass is 15.3. The molecule has 0 radical (unpaired) electrons. The zero-order valence-corrected chi connectivity index (χ0v) is 10.4. The summed E-state index contributed by atoms with van der Waals surface area (Å²) in [4.78, 5) is 0. The van der Waals surface area contributed by atoms with Crippen LogP contribution in [0.1, 0.15) is 31.9 Å². The van der Waals surface area contributed by atoms with Crippen molar-refractivity contribution in [2.45, 2.75) is 33.1 Å². The quantitative estimate of drug-likeness (QED) is 0.710. The van der Waals surface area contributed by atoms with Crippen LogP contribution in [0.25, 0.3) is 5.69 Å². The van der Waals surface area contributed by atoms with Crippen LogP contribution < -0.4 is 0 Å². The largest absolute Gasteiger partial charge is 0.241 e. The van der Waals surface area contributed by atoms with E-state index in [1.165, 1.54) is 16.8 Å². The Morgan fingerprint density at radius 3 is 2.50 bits per heavy atom. The van der Waals surface area contributed by atoms with Gasteiger partial charge in [-0.25, -0.2) is 4.68 Å². The summed E-state index contributed by atoms with van der Waals surface area (Å²) in [6.45, 7) is 8.82. The van der Waals surface area contributed by atoms with E-state index in [-0.39, 0.29) is 5.41 Å². The van der Waals surface area contributed by atoms with Gasteiger partial charge in [0.2, 0.25) is 0 Å². The predicted molar refractivity (Wildman–Crippen MR) is 67.0 cm³/mol. The van der Waals surface area contributed by atoms with Crippen LogP contribution >= 0.6 is 0 Å². The fourth-order valence-corrected chi connectivity index (χ4v) is 1.86. The maximum absolute atomic E-state index is 4.31. The Hall–Kier alpha value is -1.57. The van der Waals surface area contributed by atoms with Gasteiger partial charge in [-0.15, -0.1) is 0 Å². The first-order valence-electron chi connectivity index (χ1n) is 5.59. The van der Waals surface area contributed by atoms with Gasteiger partial charge >= 0.3 is 0 Å². The molecule has 0 fully saturated rings. The van der Waals surface area contributed by atoms with Crippen LogP contribution in [0.4, 0.5) is 0 Å². The molecule has 16 heavy (non-hydrogen) atoms. The van der Waals surface area contributed by atoms with Gasteiger partial charge in [0.05, 0.1) is 5.69 Å². The van der Waals surface area contributed by atoms with E-state index < -0.39 is 0 Å². The van der Waals surface area contributed by atoms with Crippen molar-refractivity contribution in [1.29, 1.82) is 0 Å². The second-order valence-electron chi connectivity index (χ2n) is 5.22. The molecule has 0 bridgehead atoms. The Morgan fingerprint density at radius 1 is 1.19 bits per heavy atom. The molecule has 0 N–H and O–H groups in total. The van der Waals surface area contributed by atoms with E-state index in [2.05, 4.69) is 51.0 Å². The Balaban J connectivity index is 2.62. The molecule has 0 aliphatic carbocycles. The summed E-state index contributed by atoms with van der Waals surface area (Å²) in [5.41, 5.74) is 3.92. The van der Waals surface area contributed by atoms with Gasteiger partial charge in [-0.1, -0.05) is 38.5 Å². The SMILES string of the molecule is Cc1ccc(-n2cccn2)c(C(C)(C)C)c1. The Kier molecular flexibility index (Phi) is 2.58. The highest BCUT2D eigenvalue weighted by Crippen LogP contribution is 2.28. The number of aryl methyl sites for hydroxylation is 1. The van der Waals surface area contributed by atoms with E-state index in [1.54, 1.807) is 0 Å². The monoisotopic (exact) mass is 214 g/mol. The van der Waals surface area contributed by atoms with Crippen LogP contribution in [-0.2, 0) is 5.41 Å². The molecule has 1 aromatic heterocycles. The molecule has 84 valence electrons. The lowest BCUT2D eigenvalue weighted by molar-refractivity contribution is 0.582. The maximum atomic E-state index is 4.31. The number of nitrogens with zero attached hydrogens (tertiary/aromatic N) is 2. The van der Waals surface area contributed by atoms with Gasteiger partial charge in [0.15, 0.2) is 0 Å². The van der Waals surface area contributed by atoms with Gasteiger partial charge in [-0.05, 0) is 30.0 Å². The lowest BCUT2D eigenvalue weighted by Crippen LogP contribution is -2.15. The van der Waals surface area contributed by atoms with Crippen LogP contribution in [0.3, 0.4) is 0 Å². The fourth-order valence-electron chi connectivity index (χ4n) is 1.86. The van der Waals surface area contributed by atoms with Gasteiger partial charge in [-0.2, -0.15) is 5.10 Å². The summed E-state index contributed by atoms with van der Waals surface area (Å²) in [5, 5.41) is 4.31. The van der Waals surface area contributed by atoms with E-state index >= 15 is 0 Å². The standard InChI is InChI=1S/C14H18N2/c1-11-6-7-13(16-9-5-8-15-16)12(10-11)14(2,3)4/h5-10H,1-4H3. The van der Waals surface area contributed by atoms with E-state index in [9.17, 15) is 0 Å². The van der Waals surface area contributed by atoms with Crippen molar-refractivity contribution in [3.8, 4) is 5.69 Å². The van der Waals surface area contributed by atoms with Crippen molar-refractivity contribution in [2.75, 3.05) is 0 Å². The van der Waals surface area contributed by atoms with Crippen LogP contribution in [0.5, 0.6) is 0 Å². The van der Waals surface area contributed by atoms with E-state index in [1.807, 2.05) is 23.1 Å². The Morgan fingerprint density at radius 2 is 1.94 bits per heavy atom. The van der Waals surface area contributed by atoms with Crippen LogP contribution in [0.15, 0.2) is 36.7 Å². The van der Waals surface area contributed by atoms with Crippen molar-refractivity contribution in [1.82, 2.24) is 9.78 Å². The van der Waals surface area contributed by atoms with Gasteiger partial charge in [-0.3, -0.25) is 0 Å². The Labute approximate surface area is 96.9 Å². The number of benzene rings is 1. The summed E-state index contributed by atoms with van der Waals surface area (Å²) in [7, 11) is 0. The molecule has 0 aliphatic heterocycles. The second kappa shape index (κ2) is 3.78. The smallest absolute Gasteiger partial charge is 0.0683 e. The molecule has 0 unspecified atom stereocenters. The minimum Gasteiger partial charge on any atom is -0.241 e. The number of aromatic nitrogens is 2. The predicted octanol–water partition coefficient (Wildman–Crippen LogP) is 3.48. The average Bonchev–Trinajstić information content (AvgIpc) is 2.69. The Bertz CT molecular complexity index is 476. The molecule has 2 rings (SSSR count). The van der Waals surface area contributed by atoms with Crippen LogP contribution in [0.2, 0.25) is 0 Å². The summed E-state index contributed by atoms with van der Waals surface area (Å²) in [5.74, 6) is 0. The minimum atomic E-state index is 0.132. The first kappa shape index (κ1) is 10.9. The van der Waals surface area contributed by atoms with Crippen molar-refractivity contribution >= 4 is 0 Å². The molecule has 1 aromatic carbocycles. The maximum Gasteiger partial charge on any atom is 0.0683 e. The summed E-state index contributed by atoms with van der Waals surface area (Å²) < 4.78 is 1.93. The number of hydrogen-bond acceptors (Lipinski definition) is 1. The first-order chi connectivity index (χ1) is 7.48. The second-order valence-corrected chi connectivity index (χ2v) is 5.22. The molecule has 2 aromatic rings. The molecule has 2 nitrogen and oxygen atoms in total. The molecule has 0 saturated carbocycles. The van der Waals surface area contributed by atoms with Crippen molar-refractivity contribution < 1.29 is 0 Å². The zero-order valence-electron chi connectivity index (χ0n) is 10.4. The lowest BCUT2D eigenvalue weighted by Gasteiger charge is -2.23. The molecule has 0 aliphatic rings. The third-order valence-electron chi connectivity index (χ3n) is 2.71. The van der Waals surface area contributed by atoms with Crippen LogP contribution in [-0.4, -0.2) is 9.78 Å². The molecular formula is C14H18N2. The third-order valence-corrected chi connectivity index (χ3v) is 2.71. The molecule has 0 atom stereocenters. The van der Waals surface area contributed by atoms with Crippen molar-refractivity contribution in [3.63, 3.8) is 0 Å². The molecule has 0 amide bonds. The highest BCUT2D eigenvalue weighted by molar-refractivity contribution is 5.46. The van der Waals surface area contributed by atoms with Gasteiger partial charge < -0.3 is 0 Å². The summed E-state index contributed by atoms with van der Waals surface area (Å²) in [6, 6.07) is 8.47. The number of hydrogen-bond donors (Lipinski definition) is 0. The van der Waals surface area contributed by atoms with E-state index in [0.29, 0.717) is 0 Å². The average molecular weight is 214 g/mol. The lowest BCUT2D eigenvalue weighted by atomic mass is 9.85. The van der Waals surface area contributed by atoms with E-state index in [4.69, 9.17) is 0 Å². The van der Waals surface area contributed by atoms with E-state index in [0.717, 1.165) is 0 Å². The first-order valence-corrected chi connectivity index (χ1v) is 5.59. The third kappa shape index (κ3) is 2.01. The van der Waals surface area contributed by atoms with Crippen molar-refractivity contribution in [2.24, 2.45) is 0 Å². The molecule has 0 saturated heterocycles. The minimum absolute atomic E-state index is 0.132. The summed E-state index contributed by atoms with van der Waals surface area (Å²) in [6.07, 6.45) is 3.80. The molecule has 2 heteroatoms. The molecule has 1 heterocycles. The molecule has 0 spiro atoms. The highest BCUT2D eigenvalue weighted by Gasteiger charge is 2.19. The van der Waals surface area contributed by atoms with Gasteiger partial charge in [0.25, 0.3) is 0 Å². The van der Waals surface area contributed by atoms with Crippen molar-refractivity contribution in [3.05, 3.63) is 47.8 Å². The number of rotatable bonds is 1. The fraction of sp³-hybridized carbons (Fsp3) is 0.357. The zero-order chi connectivity index (χ0) is 11.8. The van der Waals surface area contributed by atoms with Crippen LogP contribution in [0, 0.1) is 6.92 Å². The normalized spacial score (nSPS) is 11.8.